The second-order valence-corrected chi connectivity index (χ2v) is 0.934. The van der Waals surface area contributed by atoms with Crippen LogP contribution in [0.4, 0.5) is 0 Å². The first kappa shape index (κ1) is 3.28. The molecule has 30 valence electrons. The van der Waals surface area contributed by atoms with Crippen LogP contribution in [0, 0.1) is 6.20 Å². The number of allylic oxidation sites excluding steroid dienone is 1. The Hall–Kier alpha value is -0.920. The lowest BCUT2D eigenvalue weighted by Gasteiger charge is -1.73. The van der Waals surface area contributed by atoms with Crippen LogP contribution >= 0.6 is 0 Å². The van der Waals surface area contributed by atoms with Crippen molar-refractivity contribution in [1.82, 2.24) is 0 Å². The molecule has 1 heterocycles. The highest BCUT2D eigenvalue weighted by atomic mass is 16.1. The van der Waals surface area contributed by atoms with Crippen LogP contribution in [-0.2, 0) is 4.79 Å². The molecule has 0 aromatic rings. The van der Waals surface area contributed by atoms with E-state index in [9.17, 15) is 4.79 Å². The van der Waals surface area contributed by atoms with Gasteiger partial charge in [0.15, 0.2) is 0 Å². The van der Waals surface area contributed by atoms with E-state index in [0.717, 1.165) is 0 Å². The van der Waals surface area contributed by atoms with Crippen LogP contribution < -0.4 is 0 Å². The topological polar surface area (TPSA) is 29.4 Å². The Morgan fingerprint density at radius 2 is 2.67 bits per heavy atom. The van der Waals surface area contributed by atoms with Gasteiger partial charge in [0.05, 0.1) is 0 Å². The molecule has 0 aromatic heterocycles. The van der Waals surface area contributed by atoms with Crippen LogP contribution in [0.2, 0.25) is 0 Å². The highest BCUT2D eigenvalue weighted by Crippen LogP contribution is 1.81. The molecule has 0 aromatic carbocycles. The summed E-state index contributed by atoms with van der Waals surface area (Å²) in [6, 6.07) is 0. The Labute approximate surface area is 35.2 Å². The van der Waals surface area contributed by atoms with Crippen molar-refractivity contribution in [3.05, 3.63) is 12.3 Å². The summed E-state index contributed by atoms with van der Waals surface area (Å²) in [4.78, 5) is 13.4. The third-order valence-corrected chi connectivity index (χ3v) is 0.473. The molecule has 0 fully saturated rings. The van der Waals surface area contributed by atoms with E-state index in [-0.39, 0.29) is 5.78 Å². The van der Waals surface area contributed by atoms with E-state index >= 15 is 0 Å². The summed E-state index contributed by atoms with van der Waals surface area (Å²) in [7, 11) is 0. The van der Waals surface area contributed by atoms with Crippen molar-refractivity contribution >= 4 is 12.0 Å². The lowest BCUT2D eigenvalue weighted by atomic mass is 10.5. The van der Waals surface area contributed by atoms with Gasteiger partial charge in [0.1, 0.15) is 0 Å². The molecule has 0 spiro atoms. The molecule has 2 nitrogen and oxygen atoms in total. The molecule has 0 atom stereocenters. The number of ketones is 1. The summed E-state index contributed by atoms with van der Waals surface area (Å²) < 4.78 is 0. The highest BCUT2D eigenvalue weighted by molar-refractivity contribution is 6.34. The summed E-state index contributed by atoms with van der Waals surface area (Å²) >= 11 is 0. The first-order chi connectivity index (χ1) is 2.89. The predicted octanol–water partition coefficient (Wildman–Crippen LogP) is -0.0432. The summed E-state index contributed by atoms with van der Waals surface area (Å²) in [5.74, 6) is -0.0741. The maximum Gasteiger partial charge on any atom is 0.0411 e. The first-order valence-corrected chi connectivity index (χ1v) is 1.55. The Bertz CT molecular complexity index is 110. The summed E-state index contributed by atoms with van der Waals surface area (Å²) in [5, 5.41) is 0. The van der Waals surface area contributed by atoms with Crippen LogP contribution in [0.25, 0.3) is 0 Å². The van der Waals surface area contributed by atoms with E-state index in [1.165, 1.54) is 12.3 Å². The molecule has 0 N–H and O–H groups in total. The molecule has 0 radical (unpaired) electrons. The molecule has 1 rings (SSSR count). The summed E-state index contributed by atoms with van der Waals surface area (Å²) in [6.45, 7) is 0. The number of hydrogen-bond donors (Lipinski definition) is 0. The van der Waals surface area contributed by atoms with Gasteiger partial charge < -0.3 is 9.79 Å². The number of nitrogens with zero attached hydrogens (tertiary/aromatic N) is 1. The van der Waals surface area contributed by atoms with Crippen molar-refractivity contribution < 1.29 is 4.79 Å². The van der Waals surface area contributed by atoms with E-state index in [1.807, 2.05) is 0 Å². The van der Waals surface area contributed by atoms with Crippen molar-refractivity contribution in [1.29, 1.82) is 0 Å². The van der Waals surface area contributed by atoms with Gasteiger partial charge in [-0.15, -0.1) is 6.08 Å². The molecule has 0 bridgehead atoms. The van der Waals surface area contributed by atoms with Crippen molar-refractivity contribution in [2.75, 3.05) is 0 Å². The molecule has 0 amide bonds. The Morgan fingerprint density at radius 3 is 2.83 bits per heavy atom. The molecule has 1 aliphatic heterocycles. The van der Waals surface area contributed by atoms with Gasteiger partial charge in [0, 0.05) is 5.78 Å². The van der Waals surface area contributed by atoms with Crippen LogP contribution in [0.3, 0.4) is 0 Å². The fourth-order valence-corrected chi connectivity index (χ4v) is 0.239. The van der Waals surface area contributed by atoms with Gasteiger partial charge in [-0.05, 0) is 0 Å². The molecular weight excluding hydrogens is 78.0 g/mol. The third-order valence-electron chi connectivity index (χ3n) is 0.473. The molecule has 6 heavy (non-hydrogen) atoms. The molecule has 0 unspecified atom stereocenters. The SMILES string of the molecule is O=C1C=[C-]N=C1. The number of aliphatic imine (C=N–C) groups is 1. The fourth-order valence-electron chi connectivity index (χ4n) is 0.239. The zero-order chi connectivity index (χ0) is 4.41. The van der Waals surface area contributed by atoms with Crippen LogP contribution in [0.5, 0.6) is 0 Å². The lowest BCUT2D eigenvalue weighted by molar-refractivity contribution is -0.108. The monoisotopic (exact) mass is 80.0 g/mol. The standard InChI is InChI=1S/C4H2NO/c6-4-1-2-5-3-4/h1,3H/q-1. The van der Waals surface area contributed by atoms with E-state index < -0.39 is 0 Å². The van der Waals surface area contributed by atoms with Gasteiger partial charge in [-0.25, -0.2) is 0 Å². The zero-order valence-corrected chi connectivity index (χ0v) is 3.01. The van der Waals surface area contributed by atoms with Crippen molar-refractivity contribution in [2.24, 2.45) is 4.99 Å². The molecule has 1 aliphatic rings. The minimum Gasteiger partial charge on any atom is -0.402 e. The molecular formula is C4H2NO-. The van der Waals surface area contributed by atoms with Crippen molar-refractivity contribution in [3.63, 3.8) is 0 Å². The Balaban J connectivity index is 2.86. The van der Waals surface area contributed by atoms with Crippen LogP contribution in [0.15, 0.2) is 11.1 Å². The van der Waals surface area contributed by atoms with Crippen LogP contribution in [0.1, 0.15) is 0 Å². The normalized spacial score (nSPS) is 17.0. The number of hydrogen-bond acceptors (Lipinski definition) is 2. The average molecular weight is 80.1 g/mol. The van der Waals surface area contributed by atoms with E-state index in [1.54, 1.807) is 0 Å². The van der Waals surface area contributed by atoms with Crippen LogP contribution in [-0.4, -0.2) is 12.0 Å². The van der Waals surface area contributed by atoms with Gasteiger partial charge in [-0.3, -0.25) is 0 Å². The molecule has 0 saturated heterocycles. The largest absolute Gasteiger partial charge is 0.402 e. The quantitative estimate of drug-likeness (QED) is 0.375. The Kier molecular flexibility index (Phi) is 0.572. The molecule has 0 aliphatic carbocycles. The van der Waals surface area contributed by atoms with Gasteiger partial charge in [-0.1, -0.05) is 12.4 Å². The van der Waals surface area contributed by atoms with E-state index in [2.05, 4.69) is 11.2 Å². The minimum atomic E-state index is -0.0741. The smallest absolute Gasteiger partial charge is 0.0411 e. The minimum absolute atomic E-state index is 0.0741. The zero-order valence-electron chi connectivity index (χ0n) is 3.01. The van der Waals surface area contributed by atoms with Crippen molar-refractivity contribution in [2.45, 2.75) is 0 Å². The summed E-state index contributed by atoms with van der Waals surface area (Å²) in [5.41, 5.74) is 0. The van der Waals surface area contributed by atoms with Gasteiger partial charge in [-0.2, -0.15) is 0 Å². The second kappa shape index (κ2) is 1.05. The molecule has 0 saturated carbocycles. The maximum atomic E-state index is 9.98. The van der Waals surface area contributed by atoms with E-state index in [4.69, 9.17) is 0 Å². The third kappa shape index (κ3) is 0.360. The summed E-state index contributed by atoms with van der Waals surface area (Å²) in [6.07, 6.45) is 4.88. The predicted molar refractivity (Wildman–Crippen MR) is 21.3 cm³/mol. The van der Waals surface area contributed by atoms with Gasteiger partial charge >= 0.3 is 0 Å². The van der Waals surface area contributed by atoms with E-state index in [0.29, 0.717) is 0 Å². The average Bonchev–Trinajstić information content (AvgIpc) is 1.86. The number of rotatable bonds is 0. The Morgan fingerprint density at radius 1 is 1.83 bits per heavy atom. The highest BCUT2D eigenvalue weighted by Gasteiger charge is 1.76. The van der Waals surface area contributed by atoms with Gasteiger partial charge in [0.2, 0.25) is 0 Å². The lowest BCUT2D eigenvalue weighted by Crippen LogP contribution is -1.84. The number of carbonyl (C=O) groups is 1. The number of carbonyl (C=O) groups excluding carboxylic acids is 1. The van der Waals surface area contributed by atoms with Gasteiger partial charge in [0.25, 0.3) is 0 Å². The first-order valence-electron chi connectivity index (χ1n) is 1.55. The molecule has 2 heteroatoms. The van der Waals surface area contributed by atoms with Crippen molar-refractivity contribution in [3.8, 4) is 0 Å². The fraction of sp³-hybridized carbons (Fsp3) is 0. The maximum absolute atomic E-state index is 9.98. The second-order valence-electron chi connectivity index (χ2n) is 0.934.